The zero-order valence-corrected chi connectivity index (χ0v) is 8.91. The zero-order valence-electron chi connectivity index (χ0n) is 8.91. The lowest BCUT2D eigenvalue weighted by Crippen LogP contribution is -2.25. The van der Waals surface area contributed by atoms with Crippen LogP contribution in [0, 0.1) is 5.92 Å². The van der Waals surface area contributed by atoms with E-state index in [-0.39, 0.29) is 5.92 Å². The van der Waals surface area contributed by atoms with E-state index in [4.69, 9.17) is 0 Å². The summed E-state index contributed by atoms with van der Waals surface area (Å²) in [6.45, 7) is 0. The van der Waals surface area contributed by atoms with Crippen LogP contribution < -0.4 is 0 Å². The largest absolute Gasteiger partial charge is 0.299 e. The van der Waals surface area contributed by atoms with E-state index in [1.54, 1.807) is 0 Å². The minimum atomic E-state index is 0.236. The topological polar surface area (TPSA) is 17.1 Å². The molecule has 1 fully saturated rings. The molecular formula is C14H16O. The van der Waals surface area contributed by atoms with Crippen molar-refractivity contribution >= 4 is 5.78 Å². The Hall–Kier alpha value is -1.11. The maximum absolute atomic E-state index is 11.9. The van der Waals surface area contributed by atoms with Crippen molar-refractivity contribution in [2.45, 2.75) is 38.0 Å². The van der Waals surface area contributed by atoms with Crippen LogP contribution in [0.25, 0.3) is 0 Å². The molecule has 0 spiro atoms. The third-order valence-corrected chi connectivity index (χ3v) is 3.74. The normalized spacial score (nSPS) is 23.1. The second-order valence-corrected chi connectivity index (χ2v) is 4.90. The summed E-state index contributed by atoms with van der Waals surface area (Å²) in [5.74, 6) is 1.59. The predicted octanol–water partition coefficient (Wildman–Crippen LogP) is 3.09. The minimum absolute atomic E-state index is 0.236. The summed E-state index contributed by atoms with van der Waals surface area (Å²) in [4.78, 5) is 11.9. The summed E-state index contributed by atoms with van der Waals surface area (Å²) in [5, 5.41) is 0. The molecule has 1 nitrogen and oxygen atoms in total. The zero-order chi connectivity index (χ0) is 10.3. The van der Waals surface area contributed by atoms with Gasteiger partial charge in [0, 0.05) is 12.3 Å². The molecule has 1 unspecified atom stereocenters. The maximum Gasteiger partial charge on any atom is 0.140 e. The first-order chi connectivity index (χ1) is 7.34. The molecule has 15 heavy (non-hydrogen) atoms. The van der Waals surface area contributed by atoms with Gasteiger partial charge in [-0.3, -0.25) is 4.79 Å². The van der Waals surface area contributed by atoms with Gasteiger partial charge >= 0.3 is 0 Å². The fourth-order valence-electron chi connectivity index (χ4n) is 2.47. The molecule has 0 saturated heterocycles. The van der Waals surface area contributed by atoms with Crippen molar-refractivity contribution in [3.63, 3.8) is 0 Å². The number of Topliss-reactive ketones (excluding diaryl/α,β-unsaturated/α-hetero) is 1. The van der Waals surface area contributed by atoms with E-state index < -0.39 is 0 Å². The van der Waals surface area contributed by atoms with E-state index in [0.717, 1.165) is 25.2 Å². The van der Waals surface area contributed by atoms with Crippen molar-refractivity contribution in [1.82, 2.24) is 0 Å². The van der Waals surface area contributed by atoms with Crippen LogP contribution in [0.4, 0.5) is 0 Å². The molecule has 0 amide bonds. The molecule has 0 aliphatic heterocycles. The SMILES string of the molecule is O=C(CCC1CC1)C1Cc2ccccc21. The maximum atomic E-state index is 11.9. The van der Waals surface area contributed by atoms with E-state index in [1.807, 2.05) is 6.07 Å². The molecule has 0 bridgehead atoms. The Balaban J connectivity index is 1.62. The molecule has 0 aromatic heterocycles. The van der Waals surface area contributed by atoms with E-state index >= 15 is 0 Å². The van der Waals surface area contributed by atoms with Gasteiger partial charge in [0.1, 0.15) is 5.78 Å². The van der Waals surface area contributed by atoms with Gasteiger partial charge < -0.3 is 0 Å². The van der Waals surface area contributed by atoms with Crippen LogP contribution >= 0.6 is 0 Å². The molecule has 0 radical (unpaired) electrons. The molecule has 1 aromatic rings. The Morgan fingerprint density at radius 1 is 1.27 bits per heavy atom. The van der Waals surface area contributed by atoms with Gasteiger partial charge in [-0.2, -0.15) is 0 Å². The number of carbonyl (C=O) groups is 1. The molecule has 0 N–H and O–H groups in total. The van der Waals surface area contributed by atoms with Crippen molar-refractivity contribution < 1.29 is 4.79 Å². The van der Waals surface area contributed by atoms with Crippen LogP contribution in [0.2, 0.25) is 0 Å². The molecule has 0 heterocycles. The highest BCUT2D eigenvalue weighted by atomic mass is 16.1. The van der Waals surface area contributed by atoms with Crippen LogP contribution in [0.3, 0.4) is 0 Å². The van der Waals surface area contributed by atoms with Crippen molar-refractivity contribution in [3.05, 3.63) is 35.4 Å². The van der Waals surface area contributed by atoms with Gasteiger partial charge in [0.05, 0.1) is 0 Å². The lowest BCUT2D eigenvalue weighted by molar-refractivity contribution is -0.121. The number of hydrogen-bond donors (Lipinski definition) is 0. The Morgan fingerprint density at radius 3 is 2.80 bits per heavy atom. The summed E-state index contributed by atoms with van der Waals surface area (Å²) in [7, 11) is 0. The molecular weight excluding hydrogens is 184 g/mol. The van der Waals surface area contributed by atoms with Crippen molar-refractivity contribution in [1.29, 1.82) is 0 Å². The van der Waals surface area contributed by atoms with Crippen LogP contribution in [0.1, 0.15) is 42.7 Å². The van der Waals surface area contributed by atoms with Crippen molar-refractivity contribution in [2.24, 2.45) is 5.92 Å². The third-order valence-electron chi connectivity index (χ3n) is 3.74. The highest BCUT2D eigenvalue weighted by molar-refractivity contribution is 5.88. The van der Waals surface area contributed by atoms with E-state index in [2.05, 4.69) is 18.2 Å². The third kappa shape index (κ3) is 1.71. The van der Waals surface area contributed by atoms with Gasteiger partial charge in [-0.05, 0) is 29.9 Å². The van der Waals surface area contributed by atoms with E-state index in [0.29, 0.717) is 5.78 Å². The van der Waals surface area contributed by atoms with Gasteiger partial charge in [-0.25, -0.2) is 0 Å². The Kier molecular flexibility index (Phi) is 2.12. The van der Waals surface area contributed by atoms with Crippen LogP contribution in [0.15, 0.2) is 24.3 Å². The van der Waals surface area contributed by atoms with Crippen LogP contribution in [-0.2, 0) is 11.2 Å². The quantitative estimate of drug-likeness (QED) is 0.730. The summed E-state index contributed by atoms with van der Waals surface area (Å²) in [6, 6.07) is 8.35. The average Bonchev–Trinajstić information content (AvgIpc) is 3.00. The standard InChI is InChI=1S/C14H16O/c15-14(8-7-10-5-6-10)13-9-11-3-1-2-4-12(11)13/h1-4,10,13H,5-9H2. The summed E-state index contributed by atoms with van der Waals surface area (Å²) in [6.07, 6.45) is 5.64. The van der Waals surface area contributed by atoms with Crippen LogP contribution in [-0.4, -0.2) is 5.78 Å². The fourth-order valence-corrected chi connectivity index (χ4v) is 2.47. The van der Waals surface area contributed by atoms with Gasteiger partial charge in [0.15, 0.2) is 0 Å². The number of hydrogen-bond acceptors (Lipinski definition) is 1. The Labute approximate surface area is 90.5 Å². The number of rotatable bonds is 4. The number of fused-ring (bicyclic) bond motifs is 1. The molecule has 1 atom stereocenters. The predicted molar refractivity (Wildman–Crippen MR) is 59.9 cm³/mol. The molecule has 3 rings (SSSR count). The summed E-state index contributed by atoms with van der Waals surface area (Å²) < 4.78 is 0. The molecule has 1 saturated carbocycles. The smallest absolute Gasteiger partial charge is 0.140 e. The first-order valence-electron chi connectivity index (χ1n) is 5.95. The Morgan fingerprint density at radius 2 is 2.07 bits per heavy atom. The molecule has 78 valence electrons. The van der Waals surface area contributed by atoms with Crippen molar-refractivity contribution in [3.8, 4) is 0 Å². The number of carbonyl (C=O) groups excluding carboxylic acids is 1. The number of benzene rings is 1. The average molecular weight is 200 g/mol. The lowest BCUT2D eigenvalue weighted by Gasteiger charge is -2.28. The van der Waals surface area contributed by atoms with Gasteiger partial charge in [0.2, 0.25) is 0 Å². The highest BCUT2D eigenvalue weighted by Gasteiger charge is 2.32. The summed E-state index contributed by atoms with van der Waals surface area (Å²) in [5.41, 5.74) is 2.67. The first-order valence-corrected chi connectivity index (χ1v) is 5.95. The van der Waals surface area contributed by atoms with Gasteiger partial charge in [-0.15, -0.1) is 0 Å². The second-order valence-electron chi connectivity index (χ2n) is 4.90. The van der Waals surface area contributed by atoms with E-state index in [1.165, 1.54) is 24.0 Å². The monoisotopic (exact) mass is 200 g/mol. The minimum Gasteiger partial charge on any atom is -0.299 e. The first kappa shape index (κ1) is 9.14. The molecule has 2 aliphatic rings. The summed E-state index contributed by atoms with van der Waals surface area (Å²) >= 11 is 0. The fraction of sp³-hybridized carbons (Fsp3) is 0.500. The van der Waals surface area contributed by atoms with Gasteiger partial charge in [-0.1, -0.05) is 37.1 Å². The lowest BCUT2D eigenvalue weighted by atomic mass is 9.74. The highest BCUT2D eigenvalue weighted by Crippen LogP contribution is 2.39. The van der Waals surface area contributed by atoms with Crippen LogP contribution in [0.5, 0.6) is 0 Å². The molecule has 1 aromatic carbocycles. The van der Waals surface area contributed by atoms with Gasteiger partial charge in [0.25, 0.3) is 0 Å². The van der Waals surface area contributed by atoms with Crippen molar-refractivity contribution in [2.75, 3.05) is 0 Å². The number of ketones is 1. The Bertz CT molecular complexity index is 390. The molecule has 1 heteroatoms. The van der Waals surface area contributed by atoms with E-state index in [9.17, 15) is 4.79 Å². The second kappa shape index (κ2) is 3.48. The molecule has 2 aliphatic carbocycles.